The summed E-state index contributed by atoms with van der Waals surface area (Å²) in [5, 5.41) is 5.57. The smallest absolute Gasteiger partial charge is 0.351 e. The number of imidazole rings is 1. The second-order valence-corrected chi connectivity index (χ2v) is 8.24. The molecular formula is C24H24F3N5O2. The summed E-state index contributed by atoms with van der Waals surface area (Å²) in [6.07, 6.45) is -2.37. The molecule has 1 aliphatic heterocycles. The van der Waals surface area contributed by atoms with Crippen LogP contribution in [-0.2, 0) is 41.8 Å². The third-order valence-electron chi connectivity index (χ3n) is 5.71. The maximum absolute atomic E-state index is 13.1. The van der Waals surface area contributed by atoms with Gasteiger partial charge in [-0.1, -0.05) is 24.3 Å². The molecule has 34 heavy (non-hydrogen) atoms. The Labute approximate surface area is 194 Å². The highest BCUT2D eigenvalue weighted by atomic mass is 19.4. The van der Waals surface area contributed by atoms with E-state index in [1.54, 1.807) is 6.33 Å². The van der Waals surface area contributed by atoms with Gasteiger partial charge < -0.3 is 15.6 Å². The van der Waals surface area contributed by atoms with Crippen molar-refractivity contribution in [1.29, 1.82) is 0 Å². The number of aromatic nitrogens is 2. The first kappa shape index (κ1) is 23.5. The van der Waals surface area contributed by atoms with Crippen molar-refractivity contribution in [2.24, 2.45) is 0 Å². The monoisotopic (exact) mass is 471 g/mol. The van der Waals surface area contributed by atoms with E-state index in [2.05, 4.69) is 20.6 Å². The first-order valence-electron chi connectivity index (χ1n) is 10.7. The second kappa shape index (κ2) is 9.68. The summed E-state index contributed by atoms with van der Waals surface area (Å²) in [5.41, 5.74) is 3.29. The zero-order valence-electron chi connectivity index (χ0n) is 18.4. The van der Waals surface area contributed by atoms with E-state index in [-0.39, 0.29) is 18.4 Å². The van der Waals surface area contributed by atoms with Crippen LogP contribution >= 0.6 is 0 Å². The van der Waals surface area contributed by atoms with Crippen molar-refractivity contribution >= 4 is 17.5 Å². The molecule has 0 aliphatic carbocycles. The predicted molar refractivity (Wildman–Crippen MR) is 119 cm³/mol. The summed E-state index contributed by atoms with van der Waals surface area (Å²) in [6.45, 7) is 2.57. The average Bonchev–Trinajstić information content (AvgIpc) is 3.25. The molecule has 0 saturated carbocycles. The molecule has 0 spiro atoms. The van der Waals surface area contributed by atoms with Crippen molar-refractivity contribution in [2.45, 2.75) is 45.2 Å². The third kappa shape index (κ3) is 5.63. The van der Waals surface area contributed by atoms with Gasteiger partial charge in [0.1, 0.15) is 0 Å². The number of halogens is 3. The van der Waals surface area contributed by atoms with Crippen LogP contribution in [0.3, 0.4) is 0 Å². The number of rotatable bonds is 6. The van der Waals surface area contributed by atoms with Crippen molar-refractivity contribution in [3.63, 3.8) is 0 Å². The number of hydrogen-bond donors (Lipinski definition) is 3. The molecule has 2 amide bonds. The molecule has 10 heteroatoms. The van der Waals surface area contributed by atoms with Crippen molar-refractivity contribution in [3.8, 4) is 0 Å². The quantitative estimate of drug-likeness (QED) is 0.512. The van der Waals surface area contributed by atoms with Gasteiger partial charge in [0.05, 0.1) is 29.3 Å². The standard InChI is InChI=1S/C24H24F3N5O2/c1-15(33)31-19-8-4-17(5-9-19)12-32-13-21-20(29-14-30-21)10-22(32)23(34)28-11-16-2-6-18(7-3-16)24(25,26)27/h2-9,14,22H,10-13H2,1H3,(H,28,34)(H,29,30)(H,31,33)/t22-/m0/s1. The Kier molecular flexibility index (Phi) is 6.69. The molecule has 0 saturated heterocycles. The zero-order chi connectivity index (χ0) is 24.3. The van der Waals surface area contributed by atoms with Gasteiger partial charge in [-0.2, -0.15) is 13.2 Å². The van der Waals surface area contributed by atoms with E-state index < -0.39 is 17.8 Å². The number of carbonyl (C=O) groups excluding carboxylic acids is 2. The van der Waals surface area contributed by atoms with Crippen molar-refractivity contribution in [2.75, 3.05) is 5.32 Å². The number of amides is 2. The molecule has 178 valence electrons. The van der Waals surface area contributed by atoms with E-state index in [0.717, 1.165) is 29.1 Å². The van der Waals surface area contributed by atoms with Gasteiger partial charge in [-0.25, -0.2) is 4.98 Å². The van der Waals surface area contributed by atoms with E-state index in [1.807, 2.05) is 29.2 Å². The first-order chi connectivity index (χ1) is 16.2. The van der Waals surface area contributed by atoms with Crippen LogP contribution < -0.4 is 10.6 Å². The number of anilines is 1. The highest BCUT2D eigenvalue weighted by molar-refractivity contribution is 5.88. The number of benzene rings is 2. The summed E-state index contributed by atoms with van der Waals surface area (Å²) >= 11 is 0. The van der Waals surface area contributed by atoms with Crippen LogP contribution in [0.2, 0.25) is 0 Å². The van der Waals surface area contributed by atoms with Crippen LogP contribution in [0.5, 0.6) is 0 Å². The highest BCUT2D eigenvalue weighted by Crippen LogP contribution is 2.29. The van der Waals surface area contributed by atoms with Gasteiger partial charge in [-0.15, -0.1) is 0 Å². The van der Waals surface area contributed by atoms with Gasteiger partial charge >= 0.3 is 6.18 Å². The maximum atomic E-state index is 13.1. The minimum atomic E-state index is -4.40. The number of aromatic amines is 1. The fraction of sp³-hybridized carbons (Fsp3) is 0.292. The van der Waals surface area contributed by atoms with E-state index in [1.165, 1.54) is 19.1 Å². The lowest BCUT2D eigenvalue weighted by atomic mass is 10.0. The topological polar surface area (TPSA) is 90.1 Å². The van der Waals surface area contributed by atoms with Crippen molar-refractivity contribution in [3.05, 3.63) is 82.9 Å². The Hall–Kier alpha value is -3.66. The van der Waals surface area contributed by atoms with E-state index in [0.29, 0.717) is 30.8 Å². The summed E-state index contributed by atoms with van der Waals surface area (Å²) in [6, 6.07) is 11.7. The molecule has 1 atom stereocenters. The second-order valence-electron chi connectivity index (χ2n) is 8.24. The van der Waals surface area contributed by atoms with Crippen LogP contribution in [0.25, 0.3) is 0 Å². The molecule has 0 radical (unpaired) electrons. The fourth-order valence-corrected chi connectivity index (χ4v) is 3.96. The Morgan fingerprint density at radius 3 is 2.41 bits per heavy atom. The van der Waals surface area contributed by atoms with Crippen LogP contribution in [0.4, 0.5) is 18.9 Å². The lowest BCUT2D eigenvalue weighted by Gasteiger charge is -2.34. The first-order valence-corrected chi connectivity index (χ1v) is 10.7. The summed E-state index contributed by atoms with van der Waals surface area (Å²) in [7, 11) is 0. The molecule has 1 aliphatic rings. The molecule has 4 rings (SSSR count). The number of alkyl halides is 3. The van der Waals surface area contributed by atoms with Gasteiger partial charge in [0, 0.05) is 38.7 Å². The molecule has 2 heterocycles. The van der Waals surface area contributed by atoms with E-state index in [9.17, 15) is 22.8 Å². The predicted octanol–water partition coefficient (Wildman–Crippen LogP) is 3.63. The number of hydrogen-bond acceptors (Lipinski definition) is 4. The molecule has 1 aromatic heterocycles. The van der Waals surface area contributed by atoms with Gasteiger partial charge in [0.2, 0.25) is 11.8 Å². The Balaban J connectivity index is 1.44. The van der Waals surface area contributed by atoms with Gasteiger partial charge in [0.25, 0.3) is 0 Å². The Morgan fingerprint density at radius 1 is 1.09 bits per heavy atom. The molecular weight excluding hydrogens is 447 g/mol. The van der Waals surface area contributed by atoms with Crippen LogP contribution in [0, 0.1) is 0 Å². The summed E-state index contributed by atoms with van der Waals surface area (Å²) in [5.74, 6) is -0.372. The third-order valence-corrected chi connectivity index (χ3v) is 5.71. The summed E-state index contributed by atoms with van der Waals surface area (Å²) < 4.78 is 38.3. The van der Waals surface area contributed by atoms with Gasteiger partial charge in [-0.05, 0) is 35.4 Å². The minimum Gasteiger partial charge on any atom is -0.351 e. The normalized spacial score (nSPS) is 16.1. The Bertz CT molecular complexity index is 1160. The van der Waals surface area contributed by atoms with Crippen LogP contribution in [0.1, 0.15) is 35.0 Å². The molecule has 0 bridgehead atoms. The largest absolute Gasteiger partial charge is 0.416 e. The molecule has 3 aromatic rings. The number of fused-ring (bicyclic) bond motifs is 1. The molecule has 0 unspecified atom stereocenters. The molecule has 3 N–H and O–H groups in total. The summed E-state index contributed by atoms with van der Waals surface area (Å²) in [4.78, 5) is 33.8. The van der Waals surface area contributed by atoms with Crippen molar-refractivity contribution < 1.29 is 22.8 Å². The van der Waals surface area contributed by atoms with Crippen LogP contribution in [-0.4, -0.2) is 32.7 Å². The number of nitrogens with one attached hydrogen (secondary N) is 3. The lowest BCUT2D eigenvalue weighted by molar-refractivity contribution is -0.137. The van der Waals surface area contributed by atoms with E-state index >= 15 is 0 Å². The number of nitrogens with zero attached hydrogens (tertiary/aromatic N) is 2. The average molecular weight is 471 g/mol. The number of H-pyrrole nitrogens is 1. The molecule has 7 nitrogen and oxygen atoms in total. The number of carbonyl (C=O) groups is 2. The van der Waals surface area contributed by atoms with Crippen LogP contribution in [0.15, 0.2) is 54.9 Å². The van der Waals surface area contributed by atoms with Gasteiger partial charge in [-0.3, -0.25) is 14.5 Å². The fourth-order valence-electron chi connectivity index (χ4n) is 3.96. The SMILES string of the molecule is CC(=O)Nc1ccc(CN2Cc3[nH]cnc3C[C@H]2C(=O)NCc2ccc(C(F)(F)F)cc2)cc1. The highest BCUT2D eigenvalue weighted by Gasteiger charge is 2.33. The maximum Gasteiger partial charge on any atom is 0.416 e. The molecule has 0 fully saturated rings. The minimum absolute atomic E-state index is 0.125. The lowest BCUT2D eigenvalue weighted by Crippen LogP contribution is -2.49. The Morgan fingerprint density at radius 2 is 1.76 bits per heavy atom. The van der Waals surface area contributed by atoms with Crippen molar-refractivity contribution in [1.82, 2.24) is 20.2 Å². The zero-order valence-corrected chi connectivity index (χ0v) is 18.4. The molecule has 2 aromatic carbocycles. The van der Waals surface area contributed by atoms with Gasteiger partial charge in [0.15, 0.2) is 0 Å². The van der Waals surface area contributed by atoms with E-state index in [4.69, 9.17) is 0 Å².